The van der Waals surface area contributed by atoms with Gasteiger partial charge >= 0.3 is 0 Å². The summed E-state index contributed by atoms with van der Waals surface area (Å²) < 4.78 is 55.2. The normalized spacial score (nSPS) is 17.1. The molecule has 0 radical (unpaired) electrons. The van der Waals surface area contributed by atoms with Crippen molar-refractivity contribution in [3.63, 3.8) is 0 Å². The van der Waals surface area contributed by atoms with Crippen LogP contribution in [-0.2, 0) is 20.0 Å². The summed E-state index contributed by atoms with van der Waals surface area (Å²) in [4.78, 5) is 6.05. The van der Waals surface area contributed by atoms with Crippen LogP contribution in [0.1, 0.15) is 12.8 Å². The van der Waals surface area contributed by atoms with E-state index in [1.165, 1.54) is 12.1 Å². The zero-order valence-corrected chi connectivity index (χ0v) is 19.8. The molecule has 0 aliphatic carbocycles. The number of primary sulfonamides is 1. The van der Waals surface area contributed by atoms with E-state index in [4.69, 9.17) is 10.9 Å². The number of sulfonamides is 2. The van der Waals surface area contributed by atoms with Gasteiger partial charge in [-0.2, -0.15) is 5.21 Å². The van der Waals surface area contributed by atoms with Gasteiger partial charge in [-0.3, -0.25) is 0 Å². The Kier molecular flexibility index (Phi) is 5.76. The topological polar surface area (TPSA) is 228 Å². The summed E-state index contributed by atoms with van der Waals surface area (Å²) in [5, 5.41) is 22.4. The lowest BCUT2D eigenvalue weighted by molar-refractivity contribution is 0.428. The van der Waals surface area contributed by atoms with E-state index in [0.717, 1.165) is 13.0 Å². The third kappa shape index (κ3) is 4.37. The van der Waals surface area contributed by atoms with Crippen LogP contribution in [0.4, 0.5) is 5.95 Å². The van der Waals surface area contributed by atoms with Gasteiger partial charge in [-0.05, 0) is 42.3 Å². The molecule has 4 aromatic rings. The van der Waals surface area contributed by atoms with E-state index in [9.17, 15) is 16.8 Å². The van der Waals surface area contributed by atoms with Crippen molar-refractivity contribution in [1.82, 2.24) is 40.6 Å². The van der Waals surface area contributed by atoms with Gasteiger partial charge in [0.05, 0.1) is 16.6 Å². The molecular weight excluding hydrogens is 496 g/mol. The number of aromatic amines is 2. The Labute approximate surface area is 200 Å². The molecule has 1 aliphatic heterocycles. The third-order valence-corrected chi connectivity index (χ3v) is 8.39. The molecule has 3 heterocycles. The number of piperidine rings is 1. The van der Waals surface area contributed by atoms with Gasteiger partial charge in [0.2, 0.25) is 25.9 Å². The Morgan fingerprint density at radius 1 is 1.09 bits per heavy atom. The molecule has 2 aromatic carbocycles. The van der Waals surface area contributed by atoms with Crippen LogP contribution in [-0.4, -0.2) is 66.6 Å². The van der Waals surface area contributed by atoms with Crippen LogP contribution in [0.25, 0.3) is 33.5 Å². The molecule has 8 N–H and O–H groups in total. The number of nitrogens with one attached hydrogen (secondary N) is 4. The Morgan fingerprint density at radius 2 is 1.91 bits per heavy atom. The molecule has 35 heavy (non-hydrogen) atoms. The first-order chi connectivity index (χ1) is 16.6. The van der Waals surface area contributed by atoms with Crippen molar-refractivity contribution in [1.29, 1.82) is 0 Å². The second-order valence-electron chi connectivity index (χ2n) is 8.08. The predicted molar refractivity (Wildman–Crippen MR) is 127 cm³/mol. The van der Waals surface area contributed by atoms with Gasteiger partial charge in [0.1, 0.15) is 9.79 Å². The fraction of sp³-hybridized carbons (Fsp3) is 0.263. The molecule has 0 saturated carbocycles. The second-order valence-corrected chi connectivity index (χ2v) is 11.3. The minimum Gasteiger partial charge on any atom is -0.369 e. The third-order valence-electron chi connectivity index (χ3n) is 5.70. The SMILES string of the molecule is Nc1nc2c(-c3ccc(S(=O)(=O)NC4CCCNC4)c(S(N)(=O)=O)c3-c3nn[nH]n3)cccc2[nH]1. The van der Waals surface area contributed by atoms with Crippen molar-refractivity contribution in [3.05, 3.63) is 30.3 Å². The lowest BCUT2D eigenvalue weighted by Crippen LogP contribution is -2.45. The molecule has 1 atom stereocenters. The van der Waals surface area contributed by atoms with E-state index < -0.39 is 35.9 Å². The van der Waals surface area contributed by atoms with Gasteiger partial charge < -0.3 is 16.0 Å². The number of nitrogens with zero attached hydrogens (tertiary/aromatic N) is 4. The summed E-state index contributed by atoms with van der Waals surface area (Å²) in [6.07, 6.45) is 1.38. The summed E-state index contributed by atoms with van der Waals surface area (Å²) in [5.41, 5.74) is 7.49. The van der Waals surface area contributed by atoms with Gasteiger partial charge in [0.15, 0.2) is 5.95 Å². The number of nitrogen functional groups attached to an aromatic ring is 1. The van der Waals surface area contributed by atoms with Crippen LogP contribution < -0.4 is 20.9 Å². The first-order valence-electron chi connectivity index (χ1n) is 10.6. The molecule has 1 aliphatic rings. The number of hydrogen-bond donors (Lipinski definition) is 6. The fourth-order valence-corrected chi connectivity index (χ4v) is 7.15. The molecular formula is C19H22N10O4S2. The summed E-state index contributed by atoms with van der Waals surface area (Å²) >= 11 is 0. The minimum atomic E-state index is -4.60. The number of H-pyrrole nitrogens is 2. The number of aromatic nitrogens is 6. The maximum atomic E-state index is 13.4. The summed E-state index contributed by atoms with van der Waals surface area (Å²) in [6, 6.07) is 7.41. The number of fused-ring (bicyclic) bond motifs is 1. The highest BCUT2D eigenvalue weighted by Gasteiger charge is 2.33. The fourth-order valence-electron chi connectivity index (χ4n) is 4.28. The minimum absolute atomic E-state index is 0.125. The Hall–Kier alpha value is -3.44. The zero-order valence-electron chi connectivity index (χ0n) is 18.2. The van der Waals surface area contributed by atoms with Crippen LogP contribution in [0.2, 0.25) is 0 Å². The molecule has 184 valence electrons. The highest BCUT2D eigenvalue weighted by atomic mass is 32.2. The van der Waals surface area contributed by atoms with E-state index in [2.05, 4.69) is 40.6 Å². The zero-order chi connectivity index (χ0) is 24.8. The maximum absolute atomic E-state index is 13.4. The number of rotatable bonds is 6. The van der Waals surface area contributed by atoms with Crippen LogP contribution in [0, 0.1) is 0 Å². The summed E-state index contributed by atoms with van der Waals surface area (Å²) in [6.45, 7) is 1.20. The quantitative estimate of drug-likeness (QED) is 0.195. The Bertz CT molecular complexity index is 1610. The molecule has 16 heteroatoms. The van der Waals surface area contributed by atoms with Crippen molar-refractivity contribution >= 4 is 37.0 Å². The second kappa shape index (κ2) is 8.65. The van der Waals surface area contributed by atoms with Gasteiger partial charge in [0.25, 0.3) is 0 Å². The first-order valence-corrected chi connectivity index (χ1v) is 13.6. The number of imidazole rings is 1. The van der Waals surface area contributed by atoms with Crippen molar-refractivity contribution in [2.45, 2.75) is 28.7 Å². The number of para-hydroxylation sites is 1. The van der Waals surface area contributed by atoms with Crippen LogP contribution in [0.15, 0.2) is 40.1 Å². The Morgan fingerprint density at radius 3 is 2.60 bits per heavy atom. The monoisotopic (exact) mass is 518 g/mol. The lowest BCUT2D eigenvalue weighted by Gasteiger charge is -2.24. The number of nitrogens with two attached hydrogens (primary N) is 2. The molecule has 14 nitrogen and oxygen atoms in total. The largest absolute Gasteiger partial charge is 0.369 e. The van der Waals surface area contributed by atoms with Crippen molar-refractivity contribution in [2.24, 2.45) is 5.14 Å². The molecule has 0 spiro atoms. The van der Waals surface area contributed by atoms with Crippen molar-refractivity contribution in [2.75, 3.05) is 18.8 Å². The highest BCUT2D eigenvalue weighted by Crippen LogP contribution is 2.40. The number of benzene rings is 2. The summed E-state index contributed by atoms with van der Waals surface area (Å²) in [5.74, 6) is 0.00522. The van der Waals surface area contributed by atoms with Crippen molar-refractivity contribution < 1.29 is 16.8 Å². The number of anilines is 1. The summed E-state index contributed by atoms with van der Waals surface area (Å²) in [7, 11) is -8.90. The average Bonchev–Trinajstić information content (AvgIpc) is 3.46. The molecule has 1 unspecified atom stereocenters. The van der Waals surface area contributed by atoms with Crippen LogP contribution in [0.3, 0.4) is 0 Å². The average molecular weight is 519 g/mol. The molecule has 1 saturated heterocycles. The van der Waals surface area contributed by atoms with E-state index in [-0.39, 0.29) is 22.9 Å². The lowest BCUT2D eigenvalue weighted by atomic mass is 9.98. The molecule has 2 aromatic heterocycles. The van der Waals surface area contributed by atoms with Crippen molar-refractivity contribution in [3.8, 4) is 22.5 Å². The van der Waals surface area contributed by atoms with Gasteiger partial charge in [0, 0.05) is 18.2 Å². The van der Waals surface area contributed by atoms with Crippen LogP contribution in [0.5, 0.6) is 0 Å². The first kappa shape index (κ1) is 23.3. The highest BCUT2D eigenvalue weighted by molar-refractivity contribution is 7.92. The smallest absolute Gasteiger partial charge is 0.242 e. The van der Waals surface area contributed by atoms with E-state index in [0.29, 0.717) is 29.6 Å². The molecule has 1 fully saturated rings. The van der Waals surface area contributed by atoms with Crippen LogP contribution >= 0.6 is 0 Å². The standard InChI is InChI=1S/C19H22N10O4S2/c20-19-23-13-5-1-4-12(16(13)24-19)11-6-7-14(35(32,33)27-10-3-2-8-22-9-10)17(34(21,30)31)15(11)18-25-28-29-26-18/h1,4-7,10,22,27H,2-3,8-9H2,(H3,20,23,24)(H2,21,30,31)(H,25,26,28,29). The van der Waals surface area contributed by atoms with Gasteiger partial charge in [-0.1, -0.05) is 18.2 Å². The molecule has 0 bridgehead atoms. The number of tetrazole rings is 1. The van der Waals surface area contributed by atoms with E-state index in [1.807, 2.05) is 0 Å². The maximum Gasteiger partial charge on any atom is 0.242 e. The Balaban J connectivity index is 1.79. The van der Waals surface area contributed by atoms with E-state index >= 15 is 0 Å². The van der Waals surface area contributed by atoms with E-state index in [1.54, 1.807) is 18.2 Å². The van der Waals surface area contributed by atoms with Gasteiger partial charge in [-0.15, -0.1) is 10.2 Å². The molecule has 0 amide bonds. The molecule has 5 rings (SSSR count). The van der Waals surface area contributed by atoms with Gasteiger partial charge in [-0.25, -0.2) is 31.7 Å². The predicted octanol–water partition coefficient (Wildman–Crippen LogP) is -0.330. The number of hydrogen-bond acceptors (Lipinski definition) is 10.